The zero-order valence-corrected chi connectivity index (χ0v) is 13.0. The van der Waals surface area contributed by atoms with E-state index in [9.17, 15) is 14.7 Å². The molecule has 1 aromatic carbocycles. The van der Waals surface area contributed by atoms with Gasteiger partial charge in [0.05, 0.1) is 6.10 Å². The van der Waals surface area contributed by atoms with Gasteiger partial charge in [-0.25, -0.2) is 9.59 Å². The lowest BCUT2D eigenvalue weighted by Gasteiger charge is -2.20. The number of alkyl carbamates (subject to hydrolysis) is 1. The van der Waals surface area contributed by atoms with Crippen LogP contribution in [0, 0.1) is 0 Å². The van der Waals surface area contributed by atoms with Crippen LogP contribution in [0.3, 0.4) is 0 Å². The predicted octanol–water partition coefficient (Wildman–Crippen LogP) is 2.09. The first-order valence-corrected chi connectivity index (χ1v) is 6.89. The van der Waals surface area contributed by atoms with Crippen LogP contribution in [-0.4, -0.2) is 29.4 Å². The number of nitrogens with one attached hydrogen (secondary N) is 1. The maximum absolute atomic E-state index is 11.5. The molecule has 0 heterocycles. The molecule has 0 bridgehead atoms. The summed E-state index contributed by atoms with van der Waals surface area (Å²) in [4.78, 5) is 22.2. The maximum atomic E-state index is 11.5. The van der Waals surface area contributed by atoms with E-state index in [1.807, 2.05) is 0 Å². The summed E-state index contributed by atoms with van der Waals surface area (Å²) in [5, 5.41) is 12.6. The van der Waals surface area contributed by atoms with Crippen LogP contribution in [0.5, 0.6) is 5.75 Å². The molecule has 22 heavy (non-hydrogen) atoms. The summed E-state index contributed by atoms with van der Waals surface area (Å²) < 4.78 is 9.83. The fourth-order valence-corrected chi connectivity index (χ4v) is 1.69. The number of benzene rings is 1. The van der Waals surface area contributed by atoms with E-state index in [4.69, 9.17) is 15.2 Å². The zero-order chi connectivity index (χ0) is 16.8. The van der Waals surface area contributed by atoms with Crippen LogP contribution in [0.25, 0.3) is 0 Å². The SMILES string of the molecule is CC(C)(C)OC(=O)NCCC(O)c1cccc(OC(N)=O)c1. The van der Waals surface area contributed by atoms with Crippen molar-refractivity contribution < 1.29 is 24.2 Å². The van der Waals surface area contributed by atoms with Crippen LogP contribution in [0.15, 0.2) is 24.3 Å². The number of aliphatic hydroxyl groups is 1. The first kappa shape index (κ1) is 17.8. The smallest absolute Gasteiger partial charge is 0.409 e. The lowest BCUT2D eigenvalue weighted by molar-refractivity contribution is 0.0518. The number of primary amides is 1. The number of nitrogens with two attached hydrogens (primary N) is 1. The summed E-state index contributed by atoms with van der Waals surface area (Å²) in [6.45, 7) is 5.56. The number of rotatable bonds is 5. The molecule has 7 heteroatoms. The fourth-order valence-electron chi connectivity index (χ4n) is 1.69. The van der Waals surface area contributed by atoms with Crippen molar-refractivity contribution >= 4 is 12.2 Å². The van der Waals surface area contributed by atoms with E-state index in [1.54, 1.807) is 39.0 Å². The molecule has 0 fully saturated rings. The van der Waals surface area contributed by atoms with Gasteiger partial charge in [0.2, 0.25) is 0 Å². The number of amides is 2. The van der Waals surface area contributed by atoms with Crippen molar-refractivity contribution in [2.45, 2.75) is 38.9 Å². The Morgan fingerprint density at radius 1 is 1.36 bits per heavy atom. The van der Waals surface area contributed by atoms with Crippen molar-refractivity contribution in [3.63, 3.8) is 0 Å². The third-order valence-electron chi connectivity index (χ3n) is 2.55. The Balaban J connectivity index is 2.47. The van der Waals surface area contributed by atoms with E-state index in [0.29, 0.717) is 12.0 Å². The van der Waals surface area contributed by atoms with Crippen molar-refractivity contribution in [2.24, 2.45) is 5.73 Å². The van der Waals surface area contributed by atoms with Gasteiger partial charge in [0, 0.05) is 6.54 Å². The first-order valence-electron chi connectivity index (χ1n) is 6.89. The summed E-state index contributed by atoms with van der Waals surface area (Å²) in [6.07, 6.45) is -1.98. The highest BCUT2D eigenvalue weighted by Gasteiger charge is 2.16. The van der Waals surface area contributed by atoms with Gasteiger partial charge >= 0.3 is 12.2 Å². The van der Waals surface area contributed by atoms with Gasteiger partial charge in [-0.05, 0) is 44.9 Å². The van der Waals surface area contributed by atoms with Crippen molar-refractivity contribution in [1.29, 1.82) is 0 Å². The molecular weight excluding hydrogens is 288 g/mol. The summed E-state index contributed by atoms with van der Waals surface area (Å²) in [7, 11) is 0. The Morgan fingerprint density at radius 2 is 2.05 bits per heavy atom. The van der Waals surface area contributed by atoms with Gasteiger partial charge in [-0.15, -0.1) is 0 Å². The molecule has 0 saturated carbocycles. The summed E-state index contributed by atoms with van der Waals surface area (Å²) in [6, 6.07) is 6.40. The number of carbonyl (C=O) groups is 2. The van der Waals surface area contributed by atoms with Gasteiger partial charge < -0.3 is 25.6 Å². The summed E-state index contributed by atoms with van der Waals surface area (Å²) in [5.41, 5.74) is 4.92. The largest absolute Gasteiger partial charge is 0.444 e. The second kappa shape index (κ2) is 7.65. The molecule has 0 saturated heterocycles. The Morgan fingerprint density at radius 3 is 2.64 bits per heavy atom. The molecule has 1 unspecified atom stereocenters. The third-order valence-corrected chi connectivity index (χ3v) is 2.55. The minimum Gasteiger partial charge on any atom is -0.444 e. The van der Waals surface area contributed by atoms with Crippen LogP contribution in [0.1, 0.15) is 38.9 Å². The molecule has 4 N–H and O–H groups in total. The molecule has 0 aliphatic carbocycles. The topological polar surface area (TPSA) is 111 Å². The van der Waals surface area contributed by atoms with Crippen LogP contribution in [-0.2, 0) is 4.74 Å². The van der Waals surface area contributed by atoms with Gasteiger partial charge in [0.15, 0.2) is 0 Å². The minimum absolute atomic E-state index is 0.247. The zero-order valence-electron chi connectivity index (χ0n) is 13.0. The average molecular weight is 310 g/mol. The van der Waals surface area contributed by atoms with E-state index < -0.39 is 23.9 Å². The minimum atomic E-state index is -0.918. The van der Waals surface area contributed by atoms with Gasteiger partial charge in [0.1, 0.15) is 11.4 Å². The summed E-state index contributed by atoms with van der Waals surface area (Å²) >= 11 is 0. The highest BCUT2D eigenvalue weighted by molar-refractivity contribution is 5.68. The Hall–Kier alpha value is -2.28. The third kappa shape index (κ3) is 6.94. The van der Waals surface area contributed by atoms with Crippen molar-refractivity contribution in [1.82, 2.24) is 5.32 Å². The molecule has 0 aliphatic rings. The molecule has 0 spiro atoms. The second-order valence-corrected chi connectivity index (χ2v) is 5.73. The van der Waals surface area contributed by atoms with E-state index in [-0.39, 0.29) is 12.3 Å². The van der Waals surface area contributed by atoms with Gasteiger partial charge in [-0.3, -0.25) is 0 Å². The number of ether oxygens (including phenoxy) is 2. The fraction of sp³-hybridized carbons (Fsp3) is 0.467. The van der Waals surface area contributed by atoms with Gasteiger partial charge in [-0.2, -0.15) is 0 Å². The molecule has 7 nitrogen and oxygen atoms in total. The molecule has 1 aromatic rings. The highest BCUT2D eigenvalue weighted by Crippen LogP contribution is 2.21. The molecule has 0 aliphatic heterocycles. The Bertz CT molecular complexity index is 525. The average Bonchev–Trinajstić information content (AvgIpc) is 2.35. The van der Waals surface area contributed by atoms with Gasteiger partial charge in [-0.1, -0.05) is 12.1 Å². The summed E-state index contributed by atoms with van der Waals surface area (Å²) in [5.74, 6) is 0.254. The van der Waals surface area contributed by atoms with E-state index in [1.165, 1.54) is 6.07 Å². The maximum Gasteiger partial charge on any atom is 0.409 e. The van der Waals surface area contributed by atoms with Crippen molar-refractivity contribution in [3.05, 3.63) is 29.8 Å². The van der Waals surface area contributed by atoms with Crippen LogP contribution in [0.4, 0.5) is 9.59 Å². The molecule has 1 atom stereocenters. The lowest BCUT2D eigenvalue weighted by Crippen LogP contribution is -2.33. The Labute approximate surface area is 129 Å². The molecule has 0 aromatic heterocycles. The quantitative estimate of drug-likeness (QED) is 0.771. The number of hydrogen-bond acceptors (Lipinski definition) is 5. The molecule has 2 amide bonds. The van der Waals surface area contributed by atoms with E-state index in [2.05, 4.69) is 5.32 Å². The van der Waals surface area contributed by atoms with E-state index >= 15 is 0 Å². The highest BCUT2D eigenvalue weighted by atomic mass is 16.6. The lowest BCUT2D eigenvalue weighted by atomic mass is 10.1. The monoisotopic (exact) mass is 310 g/mol. The van der Waals surface area contributed by atoms with Crippen molar-refractivity contribution in [2.75, 3.05) is 6.54 Å². The normalized spacial score (nSPS) is 12.4. The predicted molar refractivity (Wildman–Crippen MR) is 80.5 cm³/mol. The Kier molecular flexibility index (Phi) is 6.18. The van der Waals surface area contributed by atoms with E-state index in [0.717, 1.165) is 0 Å². The molecule has 0 radical (unpaired) electrons. The second-order valence-electron chi connectivity index (χ2n) is 5.73. The molecule has 122 valence electrons. The van der Waals surface area contributed by atoms with Crippen LogP contribution < -0.4 is 15.8 Å². The molecular formula is C15H22N2O5. The van der Waals surface area contributed by atoms with Crippen LogP contribution in [0.2, 0.25) is 0 Å². The number of carbonyl (C=O) groups excluding carboxylic acids is 2. The van der Waals surface area contributed by atoms with Gasteiger partial charge in [0.25, 0.3) is 0 Å². The first-order chi connectivity index (χ1) is 10.2. The van der Waals surface area contributed by atoms with Crippen LogP contribution >= 0.6 is 0 Å². The van der Waals surface area contributed by atoms with Crippen molar-refractivity contribution in [3.8, 4) is 5.75 Å². The standard InChI is InChI=1S/C15H22N2O5/c1-15(2,3)22-14(20)17-8-7-12(18)10-5-4-6-11(9-10)21-13(16)19/h4-6,9,12,18H,7-8H2,1-3H3,(H2,16,19)(H,17,20). The number of aliphatic hydroxyl groups excluding tert-OH is 1. The molecule has 1 rings (SSSR count). The number of hydrogen-bond donors (Lipinski definition) is 3.